The van der Waals surface area contributed by atoms with Crippen molar-refractivity contribution in [2.45, 2.75) is 27.2 Å². The average molecular weight is 193 g/mol. The SMILES string of the molecule is CCOC(=O)c1cnc(CC)cc1C. The van der Waals surface area contributed by atoms with Crippen molar-refractivity contribution < 1.29 is 9.53 Å². The highest BCUT2D eigenvalue weighted by Crippen LogP contribution is 2.10. The van der Waals surface area contributed by atoms with Crippen LogP contribution in [0.5, 0.6) is 0 Å². The van der Waals surface area contributed by atoms with E-state index >= 15 is 0 Å². The van der Waals surface area contributed by atoms with Gasteiger partial charge in [0, 0.05) is 11.9 Å². The summed E-state index contributed by atoms with van der Waals surface area (Å²) in [6, 6.07) is 1.92. The molecule has 0 saturated heterocycles. The Morgan fingerprint density at radius 2 is 2.21 bits per heavy atom. The molecule has 1 aromatic heterocycles. The number of esters is 1. The van der Waals surface area contributed by atoms with E-state index in [2.05, 4.69) is 4.98 Å². The molecule has 0 atom stereocenters. The van der Waals surface area contributed by atoms with Crippen LogP contribution in [0.3, 0.4) is 0 Å². The Hall–Kier alpha value is -1.38. The number of aromatic nitrogens is 1. The van der Waals surface area contributed by atoms with Gasteiger partial charge in [-0.2, -0.15) is 0 Å². The van der Waals surface area contributed by atoms with E-state index < -0.39 is 0 Å². The third-order valence-corrected chi connectivity index (χ3v) is 2.03. The van der Waals surface area contributed by atoms with Crippen molar-refractivity contribution in [3.05, 3.63) is 29.1 Å². The smallest absolute Gasteiger partial charge is 0.339 e. The molecule has 0 aromatic carbocycles. The molecule has 0 aliphatic carbocycles. The molecule has 0 amide bonds. The van der Waals surface area contributed by atoms with Crippen LogP contribution in [0.4, 0.5) is 0 Å². The Morgan fingerprint density at radius 3 is 2.71 bits per heavy atom. The van der Waals surface area contributed by atoms with Gasteiger partial charge in [0.2, 0.25) is 0 Å². The number of pyridine rings is 1. The number of carbonyl (C=O) groups excluding carboxylic acids is 1. The van der Waals surface area contributed by atoms with Gasteiger partial charge in [-0.25, -0.2) is 4.79 Å². The zero-order valence-corrected chi connectivity index (χ0v) is 8.83. The molecule has 1 aromatic rings. The minimum Gasteiger partial charge on any atom is -0.462 e. The lowest BCUT2D eigenvalue weighted by Gasteiger charge is -2.05. The van der Waals surface area contributed by atoms with Gasteiger partial charge in [-0.15, -0.1) is 0 Å². The summed E-state index contributed by atoms with van der Waals surface area (Å²) in [6.45, 7) is 6.12. The number of hydrogen-bond donors (Lipinski definition) is 0. The van der Waals surface area contributed by atoms with Crippen LogP contribution in [0.15, 0.2) is 12.3 Å². The quantitative estimate of drug-likeness (QED) is 0.690. The summed E-state index contributed by atoms with van der Waals surface area (Å²) in [6.07, 6.45) is 2.47. The van der Waals surface area contributed by atoms with Crippen LogP contribution in [0.2, 0.25) is 0 Å². The summed E-state index contributed by atoms with van der Waals surface area (Å²) < 4.78 is 4.90. The Morgan fingerprint density at radius 1 is 1.50 bits per heavy atom. The monoisotopic (exact) mass is 193 g/mol. The molecule has 0 unspecified atom stereocenters. The van der Waals surface area contributed by atoms with E-state index in [4.69, 9.17) is 4.74 Å². The Bertz CT molecular complexity index is 334. The van der Waals surface area contributed by atoms with Gasteiger partial charge in [0.05, 0.1) is 12.2 Å². The molecule has 14 heavy (non-hydrogen) atoms. The maximum atomic E-state index is 11.4. The maximum absolute atomic E-state index is 11.4. The first-order chi connectivity index (χ1) is 6.69. The van der Waals surface area contributed by atoms with E-state index in [9.17, 15) is 4.79 Å². The van der Waals surface area contributed by atoms with Crippen molar-refractivity contribution >= 4 is 5.97 Å². The highest BCUT2D eigenvalue weighted by atomic mass is 16.5. The second kappa shape index (κ2) is 4.74. The molecule has 0 aliphatic rings. The van der Waals surface area contributed by atoms with Gasteiger partial charge < -0.3 is 4.74 Å². The summed E-state index contributed by atoms with van der Waals surface area (Å²) in [5, 5.41) is 0. The second-order valence-electron chi connectivity index (χ2n) is 3.06. The molecule has 0 aliphatic heterocycles. The zero-order valence-electron chi connectivity index (χ0n) is 8.83. The fraction of sp³-hybridized carbons (Fsp3) is 0.455. The summed E-state index contributed by atoms with van der Waals surface area (Å²) in [5.74, 6) is -0.292. The summed E-state index contributed by atoms with van der Waals surface area (Å²) >= 11 is 0. The summed E-state index contributed by atoms with van der Waals surface area (Å²) in [7, 11) is 0. The largest absolute Gasteiger partial charge is 0.462 e. The number of rotatable bonds is 3. The molecule has 0 spiro atoms. The van der Waals surface area contributed by atoms with Gasteiger partial charge in [-0.1, -0.05) is 6.92 Å². The highest BCUT2D eigenvalue weighted by Gasteiger charge is 2.10. The van der Waals surface area contributed by atoms with Gasteiger partial charge in [-0.05, 0) is 31.9 Å². The number of hydrogen-bond acceptors (Lipinski definition) is 3. The zero-order chi connectivity index (χ0) is 10.6. The van der Waals surface area contributed by atoms with Crippen LogP contribution in [0.25, 0.3) is 0 Å². The first-order valence-corrected chi connectivity index (χ1v) is 4.81. The van der Waals surface area contributed by atoms with Crippen molar-refractivity contribution in [2.24, 2.45) is 0 Å². The minimum atomic E-state index is -0.292. The number of aryl methyl sites for hydroxylation is 2. The summed E-state index contributed by atoms with van der Waals surface area (Å²) in [4.78, 5) is 15.6. The lowest BCUT2D eigenvalue weighted by Crippen LogP contribution is -2.08. The number of ether oxygens (including phenoxy) is 1. The third kappa shape index (κ3) is 2.31. The van der Waals surface area contributed by atoms with Crippen molar-refractivity contribution in [3.63, 3.8) is 0 Å². The molecular weight excluding hydrogens is 178 g/mol. The first-order valence-electron chi connectivity index (χ1n) is 4.81. The van der Waals surface area contributed by atoms with Crippen molar-refractivity contribution in [2.75, 3.05) is 6.61 Å². The molecule has 3 nitrogen and oxygen atoms in total. The van der Waals surface area contributed by atoms with E-state index in [-0.39, 0.29) is 5.97 Å². The van der Waals surface area contributed by atoms with Gasteiger partial charge in [0.25, 0.3) is 0 Å². The van der Waals surface area contributed by atoms with Crippen LogP contribution < -0.4 is 0 Å². The molecule has 0 bridgehead atoms. The summed E-state index contributed by atoms with van der Waals surface area (Å²) in [5.41, 5.74) is 2.48. The Balaban J connectivity index is 2.94. The topological polar surface area (TPSA) is 39.2 Å². The van der Waals surface area contributed by atoms with Crippen molar-refractivity contribution in [1.29, 1.82) is 0 Å². The van der Waals surface area contributed by atoms with Crippen molar-refractivity contribution in [3.8, 4) is 0 Å². The molecular formula is C11H15NO2. The number of carbonyl (C=O) groups is 1. The lowest BCUT2D eigenvalue weighted by molar-refractivity contribution is 0.0525. The molecule has 0 fully saturated rings. The van der Waals surface area contributed by atoms with Crippen LogP contribution in [0, 0.1) is 6.92 Å². The molecule has 1 rings (SSSR count). The Kier molecular flexibility index (Phi) is 3.63. The van der Waals surface area contributed by atoms with E-state index in [0.717, 1.165) is 17.7 Å². The Labute approximate surface area is 84.1 Å². The fourth-order valence-electron chi connectivity index (χ4n) is 1.23. The van der Waals surface area contributed by atoms with Gasteiger partial charge >= 0.3 is 5.97 Å². The van der Waals surface area contributed by atoms with E-state index in [1.54, 1.807) is 13.1 Å². The van der Waals surface area contributed by atoms with Crippen LogP contribution >= 0.6 is 0 Å². The van der Waals surface area contributed by atoms with Crippen LogP contribution in [0.1, 0.15) is 35.5 Å². The normalized spacial score (nSPS) is 9.93. The maximum Gasteiger partial charge on any atom is 0.339 e. The van der Waals surface area contributed by atoms with E-state index in [0.29, 0.717) is 12.2 Å². The average Bonchev–Trinajstić information content (AvgIpc) is 2.17. The standard InChI is InChI=1S/C11H15NO2/c1-4-9-6-8(3)10(7-12-9)11(13)14-5-2/h6-7H,4-5H2,1-3H3. The predicted molar refractivity (Wildman–Crippen MR) is 54.3 cm³/mol. The minimum absolute atomic E-state index is 0.292. The fourth-order valence-corrected chi connectivity index (χ4v) is 1.23. The van der Waals surface area contributed by atoms with Gasteiger partial charge in [0.1, 0.15) is 0 Å². The predicted octanol–water partition coefficient (Wildman–Crippen LogP) is 2.13. The van der Waals surface area contributed by atoms with Gasteiger partial charge in [0.15, 0.2) is 0 Å². The van der Waals surface area contributed by atoms with Crippen LogP contribution in [-0.2, 0) is 11.2 Å². The third-order valence-electron chi connectivity index (χ3n) is 2.03. The second-order valence-corrected chi connectivity index (χ2v) is 3.06. The molecule has 1 heterocycles. The lowest BCUT2D eigenvalue weighted by atomic mass is 10.1. The molecule has 3 heteroatoms. The van der Waals surface area contributed by atoms with E-state index in [1.807, 2.05) is 19.9 Å². The molecule has 76 valence electrons. The number of nitrogens with zero attached hydrogens (tertiary/aromatic N) is 1. The van der Waals surface area contributed by atoms with Gasteiger partial charge in [-0.3, -0.25) is 4.98 Å². The molecule has 0 radical (unpaired) electrons. The van der Waals surface area contributed by atoms with Crippen LogP contribution in [-0.4, -0.2) is 17.6 Å². The molecule has 0 saturated carbocycles. The van der Waals surface area contributed by atoms with Crippen molar-refractivity contribution in [1.82, 2.24) is 4.98 Å². The highest BCUT2D eigenvalue weighted by molar-refractivity contribution is 5.90. The van der Waals surface area contributed by atoms with E-state index in [1.165, 1.54) is 0 Å². The first kappa shape index (κ1) is 10.7. The molecule has 0 N–H and O–H groups in total.